The fourth-order valence-electron chi connectivity index (χ4n) is 2.94. The van der Waals surface area contributed by atoms with Crippen LogP contribution in [-0.2, 0) is 9.59 Å². The van der Waals surface area contributed by atoms with E-state index < -0.39 is 11.9 Å². The Kier molecular flexibility index (Phi) is 4.33. The van der Waals surface area contributed by atoms with E-state index in [2.05, 4.69) is 15.4 Å². The summed E-state index contributed by atoms with van der Waals surface area (Å²) in [6.07, 6.45) is 0.153. The molecule has 1 aliphatic heterocycles. The number of nitrogens with one attached hydrogen (secondary N) is 1. The zero-order chi connectivity index (χ0) is 19.0. The molecule has 27 heavy (non-hydrogen) atoms. The molecule has 8 heteroatoms. The number of rotatable bonds is 4. The van der Waals surface area contributed by atoms with Crippen LogP contribution in [0, 0.1) is 6.92 Å². The van der Waals surface area contributed by atoms with Crippen molar-refractivity contribution in [1.82, 2.24) is 4.98 Å². The first-order valence-corrected chi connectivity index (χ1v) is 9.22. The van der Waals surface area contributed by atoms with Crippen molar-refractivity contribution in [2.24, 2.45) is 10.8 Å². The molecule has 0 spiro atoms. The summed E-state index contributed by atoms with van der Waals surface area (Å²) >= 11 is 1.40. The zero-order valence-corrected chi connectivity index (χ0v) is 15.4. The SMILES string of the molecule is Cc1ccc2nc(NC(=O)C3=NN(c4ccccc4)C(C(N)=O)C3)sc2c1. The van der Waals surface area contributed by atoms with Gasteiger partial charge in [0.1, 0.15) is 11.8 Å². The quantitative estimate of drug-likeness (QED) is 0.728. The lowest BCUT2D eigenvalue weighted by atomic mass is 10.1. The van der Waals surface area contributed by atoms with E-state index >= 15 is 0 Å². The van der Waals surface area contributed by atoms with Gasteiger partial charge in [0.05, 0.1) is 15.9 Å². The molecule has 4 rings (SSSR count). The lowest BCUT2D eigenvalue weighted by Gasteiger charge is -2.20. The first-order valence-electron chi connectivity index (χ1n) is 8.41. The Hall–Kier alpha value is -3.26. The van der Waals surface area contributed by atoms with E-state index in [0.29, 0.717) is 10.8 Å². The molecule has 0 radical (unpaired) electrons. The van der Waals surface area contributed by atoms with E-state index in [9.17, 15) is 9.59 Å². The number of benzene rings is 2. The average Bonchev–Trinajstić information content (AvgIpc) is 3.26. The summed E-state index contributed by atoms with van der Waals surface area (Å²) in [6.45, 7) is 2.01. The Labute approximate surface area is 159 Å². The standard InChI is InChI=1S/C19H17N5O2S/c1-11-7-8-13-16(9-11)27-19(21-13)22-18(26)14-10-15(17(20)25)24(23-14)12-5-3-2-4-6-12/h2-9,15H,10H2,1H3,(H2,20,25)(H,21,22,26). The fourth-order valence-corrected chi connectivity index (χ4v) is 3.90. The van der Waals surface area contributed by atoms with Gasteiger partial charge in [-0.15, -0.1) is 0 Å². The highest BCUT2D eigenvalue weighted by molar-refractivity contribution is 7.22. The molecule has 136 valence electrons. The third-order valence-electron chi connectivity index (χ3n) is 4.29. The van der Waals surface area contributed by atoms with Crippen molar-refractivity contribution in [3.63, 3.8) is 0 Å². The maximum Gasteiger partial charge on any atom is 0.273 e. The molecule has 1 aromatic heterocycles. The number of para-hydroxylation sites is 1. The molecule has 0 saturated carbocycles. The van der Waals surface area contributed by atoms with E-state index in [1.54, 1.807) is 0 Å². The van der Waals surface area contributed by atoms with Crippen LogP contribution in [0.1, 0.15) is 12.0 Å². The molecule has 1 atom stereocenters. The number of hydrogen-bond acceptors (Lipinski definition) is 6. The Morgan fingerprint density at radius 2 is 2.00 bits per heavy atom. The predicted octanol–water partition coefficient (Wildman–Crippen LogP) is 2.66. The molecular weight excluding hydrogens is 362 g/mol. The third kappa shape index (κ3) is 3.39. The zero-order valence-electron chi connectivity index (χ0n) is 14.5. The number of carbonyl (C=O) groups excluding carboxylic acids is 2. The first kappa shape index (κ1) is 17.2. The predicted molar refractivity (Wildman–Crippen MR) is 107 cm³/mol. The minimum Gasteiger partial charge on any atom is -0.368 e. The smallest absolute Gasteiger partial charge is 0.273 e. The second-order valence-electron chi connectivity index (χ2n) is 6.29. The van der Waals surface area contributed by atoms with Crippen molar-refractivity contribution in [2.45, 2.75) is 19.4 Å². The molecule has 0 aliphatic carbocycles. The molecule has 2 aromatic carbocycles. The Bertz CT molecular complexity index is 1060. The Morgan fingerprint density at radius 1 is 1.22 bits per heavy atom. The van der Waals surface area contributed by atoms with Gasteiger partial charge in [-0.25, -0.2) is 4.98 Å². The molecule has 7 nitrogen and oxygen atoms in total. The van der Waals surface area contributed by atoms with Crippen molar-refractivity contribution < 1.29 is 9.59 Å². The number of thiazole rings is 1. The van der Waals surface area contributed by atoms with Crippen LogP contribution in [0.4, 0.5) is 10.8 Å². The van der Waals surface area contributed by atoms with E-state index in [4.69, 9.17) is 5.73 Å². The molecular formula is C19H17N5O2S. The van der Waals surface area contributed by atoms with Gasteiger partial charge >= 0.3 is 0 Å². The molecule has 2 amide bonds. The second-order valence-corrected chi connectivity index (χ2v) is 7.32. The molecule has 0 bridgehead atoms. The summed E-state index contributed by atoms with van der Waals surface area (Å²) in [5.41, 5.74) is 8.43. The molecule has 0 fully saturated rings. The molecule has 2 heterocycles. The average molecular weight is 379 g/mol. The van der Waals surface area contributed by atoms with Crippen LogP contribution in [0.25, 0.3) is 10.2 Å². The van der Waals surface area contributed by atoms with E-state index in [1.165, 1.54) is 16.3 Å². The second kappa shape index (κ2) is 6.81. The number of aryl methyl sites for hydroxylation is 1. The highest BCUT2D eigenvalue weighted by Gasteiger charge is 2.35. The Morgan fingerprint density at radius 3 is 2.74 bits per heavy atom. The van der Waals surface area contributed by atoms with Crippen LogP contribution >= 0.6 is 11.3 Å². The number of anilines is 2. The lowest BCUT2D eigenvalue weighted by Crippen LogP contribution is -2.39. The van der Waals surface area contributed by atoms with Gasteiger partial charge in [0.25, 0.3) is 5.91 Å². The van der Waals surface area contributed by atoms with Gasteiger partial charge in [0.15, 0.2) is 5.13 Å². The largest absolute Gasteiger partial charge is 0.368 e. The fraction of sp³-hybridized carbons (Fsp3) is 0.158. The van der Waals surface area contributed by atoms with Gasteiger partial charge in [-0.3, -0.25) is 19.9 Å². The maximum atomic E-state index is 12.6. The van der Waals surface area contributed by atoms with Crippen LogP contribution in [0.5, 0.6) is 0 Å². The Balaban J connectivity index is 1.58. The monoisotopic (exact) mass is 379 g/mol. The third-order valence-corrected chi connectivity index (χ3v) is 5.22. The molecule has 1 unspecified atom stereocenters. The van der Waals surface area contributed by atoms with Crippen molar-refractivity contribution in [3.05, 3.63) is 54.1 Å². The van der Waals surface area contributed by atoms with Crippen LogP contribution < -0.4 is 16.1 Å². The number of carbonyl (C=O) groups is 2. The van der Waals surface area contributed by atoms with Gasteiger partial charge < -0.3 is 5.73 Å². The van der Waals surface area contributed by atoms with E-state index in [-0.39, 0.29) is 18.0 Å². The molecule has 3 N–H and O–H groups in total. The van der Waals surface area contributed by atoms with Gasteiger partial charge in [-0.05, 0) is 36.8 Å². The van der Waals surface area contributed by atoms with E-state index in [1.807, 2.05) is 55.5 Å². The van der Waals surface area contributed by atoms with Crippen molar-refractivity contribution in [2.75, 3.05) is 10.3 Å². The van der Waals surface area contributed by atoms with Crippen LogP contribution in [0.15, 0.2) is 53.6 Å². The highest BCUT2D eigenvalue weighted by atomic mass is 32.1. The molecule has 1 aliphatic rings. The van der Waals surface area contributed by atoms with Crippen molar-refractivity contribution in [3.8, 4) is 0 Å². The number of hydrazone groups is 1. The summed E-state index contributed by atoms with van der Waals surface area (Å²) < 4.78 is 1.000. The van der Waals surface area contributed by atoms with Crippen molar-refractivity contribution in [1.29, 1.82) is 0 Å². The number of nitrogens with two attached hydrogens (primary N) is 1. The number of aromatic nitrogens is 1. The normalized spacial score (nSPS) is 16.4. The summed E-state index contributed by atoms with van der Waals surface area (Å²) in [4.78, 5) is 28.9. The minimum absolute atomic E-state index is 0.153. The lowest BCUT2D eigenvalue weighted by molar-refractivity contribution is -0.119. The van der Waals surface area contributed by atoms with E-state index in [0.717, 1.165) is 15.8 Å². The van der Waals surface area contributed by atoms with Crippen LogP contribution in [-0.4, -0.2) is 28.6 Å². The minimum atomic E-state index is -0.689. The number of fused-ring (bicyclic) bond motifs is 1. The topological polar surface area (TPSA) is 101 Å². The van der Waals surface area contributed by atoms with Crippen LogP contribution in [0.2, 0.25) is 0 Å². The van der Waals surface area contributed by atoms with Crippen LogP contribution in [0.3, 0.4) is 0 Å². The number of primary amides is 1. The van der Waals surface area contributed by atoms with Gasteiger partial charge in [-0.2, -0.15) is 5.10 Å². The van der Waals surface area contributed by atoms with Gasteiger partial charge in [0, 0.05) is 6.42 Å². The van der Waals surface area contributed by atoms with Crippen molar-refractivity contribution >= 4 is 49.9 Å². The van der Waals surface area contributed by atoms with Gasteiger partial charge in [-0.1, -0.05) is 35.6 Å². The van der Waals surface area contributed by atoms with Gasteiger partial charge in [0.2, 0.25) is 5.91 Å². The number of hydrogen-bond donors (Lipinski definition) is 2. The highest BCUT2D eigenvalue weighted by Crippen LogP contribution is 2.28. The molecule has 3 aromatic rings. The summed E-state index contributed by atoms with van der Waals surface area (Å²) in [5.74, 6) is -0.906. The summed E-state index contributed by atoms with van der Waals surface area (Å²) in [6, 6.07) is 14.4. The summed E-state index contributed by atoms with van der Waals surface area (Å²) in [7, 11) is 0. The maximum absolute atomic E-state index is 12.6. The number of nitrogens with zero attached hydrogens (tertiary/aromatic N) is 3. The molecule has 0 saturated heterocycles. The number of amides is 2. The summed E-state index contributed by atoms with van der Waals surface area (Å²) in [5, 5.41) is 9.12. The first-order chi connectivity index (χ1) is 13.0.